The Balaban J connectivity index is 1.66. The highest BCUT2D eigenvalue weighted by molar-refractivity contribution is 7.89. The van der Waals surface area contributed by atoms with E-state index in [4.69, 9.17) is 14.6 Å². The van der Waals surface area contributed by atoms with Crippen LogP contribution in [-0.2, 0) is 26.0 Å². The van der Waals surface area contributed by atoms with Crippen LogP contribution in [0.15, 0.2) is 69.9 Å². The van der Waals surface area contributed by atoms with Crippen LogP contribution in [0.3, 0.4) is 0 Å². The lowest BCUT2D eigenvalue weighted by molar-refractivity contribution is -0.119. The normalized spacial score (nSPS) is 20.4. The lowest BCUT2D eigenvalue weighted by Gasteiger charge is -2.49. The number of rotatable bonds is 7. The fourth-order valence-corrected chi connectivity index (χ4v) is 7.29. The first-order valence-electron chi connectivity index (χ1n) is 14.3. The number of methoxy groups -OCH3 is 2. The SMILES string of the molecule is COc1ccc(C2C3=C(CC(C)(C)CC3=O)N(CCc3ccc(S(N)(=O)=O)cc3)C3=C2C(=O)CC(C)(C)C3)cc1OC. The van der Waals surface area contributed by atoms with Crippen LogP contribution in [0.25, 0.3) is 0 Å². The zero-order valence-corrected chi connectivity index (χ0v) is 26.1. The number of Topliss-reactive ketones (excluding diaryl/α,β-unsaturated/α-hetero) is 2. The van der Waals surface area contributed by atoms with Gasteiger partial charge in [0.25, 0.3) is 0 Å². The van der Waals surface area contributed by atoms with Crippen LogP contribution in [0.2, 0.25) is 0 Å². The zero-order valence-electron chi connectivity index (χ0n) is 25.2. The van der Waals surface area contributed by atoms with Gasteiger partial charge in [-0.3, -0.25) is 9.59 Å². The van der Waals surface area contributed by atoms with Crippen molar-refractivity contribution >= 4 is 21.6 Å². The van der Waals surface area contributed by atoms with E-state index < -0.39 is 15.9 Å². The highest BCUT2D eigenvalue weighted by Crippen LogP contribution is 2.55. The zero-order chi connectivity index (χ0) is 30.6. The molecule has 0 bridgehead atoms. The summed E-state index contributed by atoms with van der Waals surface area (Å²) in [6.45, 7) is 9.01. The number of nitrogens with two attached hydrogens (primary N) is 1. The topological polar surface area (TPSA) is 116 Å². The molecule has 9 heteroatoms. The van der Waals surface area contributed by atoms with Crippen molar-refractivity contribution in [2.45, 2.75) is 70.6 Å². The molecule has 2 N–H and O–H groups in total. The maximum Gasteiger partial charge on any atom is 0.238 e. The number of nitrogens with zero attached hydrogens (tertiary/aromatic N) is 1. The molecular weight excluding hydrogens is 552 g/mol. The van der Waals surface area contributed by atoms with Crippen LogP contribution in [0.1, 0.15) is 70.4 Å². The van der Waals surface area contributed by atoms with E-state index in [1.54, 1.807) is 26.4 Å². The first-order chi connectivity index (χ1) is 19.6. The summed E-state index contributed by atoms with van der Waals surface area (Å²) < 4.78 is 34.6. The van der Waals surface area contributed by atoms with Crippen molar-refractivity contribution in [1.82, 2.24) is 4.90 Å². The average molecular weight is 593 g/mol. The molecule has 42 heavy (non-hydrogen) atoms. The van der Waals surface area contributed by atoms with Crippen molar-refractivity contribution in [3.63, 3.8) is 0 Å². The van der Waals surface area contributed by atoms with Crippen LogP contribution >= 0.6 is 0 Å². The lowest BCUT2D eigenvalue weighted by Crippen LogP contribution is -2.45. The van der Waals surface area contributed by atoms with Gasteiger partial charge in [0.2, 0.25) is 10.0 Å². The summed E-state index contributed by atoms with van der Waals surface area (Å²) in [6.07, 6.45) is 2.81. The average Bonchev–Trinajstić information content (AvgIpc) is 2.89. The fourth-order valence-electron chi connectivity index (χ4n) is 6.77. The van der Waals surface area contributed by atoms with E-state index in [1.807, 2.05) is 18.2 Å². The van der Waals surface area contributed by atoms with Crippen LogP contribution in [0.5, 0.6) is 11.5 Å². The Morgan fingerprint density at radius 2 is 1.33 bits per heavy atom. The van der Waals surface area contributed by atoms with Gasteiger partial charge in [-0.1, -0.05) is 45.9 Å². The molecular formula is C33H40N2O6S. The third kappa shape index (κ3) is 5.64. The molecule has 0 aromatic heterocycles. The minimum Gasteiger partial charge on any atom is -0.493 e. The molecule has 8 nitrogen and oxygen atoms in total. The number of ether oxygens (including phenoxy) is 2. The van der Waals surface area contributed by atoms with Gasteiger partial charge in [0, 0.05) is 47.8 Å². The number of carbonyl (C=O) groups is 2. The Kier molecular flexibility index (Phi) is 7.64. The highest BCUT2D eigenvalue weighted by atomic mass is 32.2. The molecule has 0 radical (unpaired) electrons. The van der Waals surface area contributed by atoms with Crippen molar-refractivity contribution in [1.29, 1.82) is 0 Å². The summed E-state index contributed by atoms with van der Waals surface area (Å²) in [7, 11) is -0.620. The monoisotopic (exact) mass is 592 g/mol. The minimum absolute atomic E-state index is 0.0627. The number of carbonyl (C=O) groups excluding carboxylic acids is 2. The van der Waals surface area contributed by atoms with Gasteiger partial charge in [-0.05, 0) is 65.5 Å². The predicted molar refractivity (Wildman–Crippen MR) is 161 cm³/mol. The first kappa shape index (κ1) is 30.0. The lowest BCUT2D eigenvalue weighted by atomic mass is 9.63. The molecule has 5 rings (SSSR count). The Morgan fingerprint density at radius 1 is 0.810 bits per heavy atom. The van der Waals surface area contributed by atoms with E-state index in [2.05, 4.69) is 32.6 Å². The van der Waals surface area contributed by atoms with E-state index >= 15 is 0 Å². The van der Waals surface area contributed by atoms with Crippen LogP contribution in [0, 0.1) is 10.8 Å². The quantitative estimate of drug-likeness (QED) is 0.465. The molecule has 1 aliphatic heterocycles. The van der Waals surface area contributed by atoms with Gasteiger partial charge in [-0.15, -0.1) is 0 Å². The Morgan fingerprint density at radius 3 is 1.81 bits per heavy atom. The van der Waals surface area contributed by atoms with Gasteiger partial charge in [0.15, 0.2) is 23.1 Å². The number of hydrogen-bond acceptors (Lipinski definition) is 7. The van der Waals surface area contributed by atoms with Crippen LogP contribution in [-0.4, -0.2) is 45.6 Å². The fraction of sp³-hybridized carbons (Fsp3) is 0.455. The van der Waals surface area contributed by atoms with E-state index in [9.17, 15) is 18.0 Å². The Labute approximate surface area is 248 Å². The Hall–Kier alpha value is -3.43. The van der Waals surface area contributed by atoms with Crippen molar-refractivity contribution in [2.24, 2.45) is 16.0 Å². The highest BCUT2D eigenvalue weighted by Gasteiger charge is 2.49. The molecule has 1 heterocycles. The first-order valence-corrected chi connectivity index (χ1v) is 15.8. The summed E-state index contributed by atoms with van der Waals surface area (Å²) in [6, 6.07) is 12.2. The van der Waals surface area contributed by atoms with Gasteiger partial charge < -0.3 is 14.4 Å². The molecule has 224 valence electrons. The van der Waals surface area contributed by atoms with Crippen molar-refractivity contribution < 1.29 is 27.5 Å². The van der Waals surface area contributed by atoms with E-state index in [0.29, 0.717) is 61.3 Å². The second-order valence-corrected chi connectivity index (χ2v) is 14.8. The van der Waals surface area contributed by atoms with E-state index in [1.165, 1.54) is 12.1 Å². The molecule has 0 saturated heterocycles. The maximum atomic E-state index is 14.0. The van der Waals surface area contributed by atoms with Gasteiger partial charge in [-0.2, -0.15) is 0 Å². The second-order valence-electron chi connectivity index (χ2n) is 13.2. The van der Waals surface area contributed by atoms with Gasteiger partial charge in [0.1, 0.15) is 0 Å². The molecule has 0 atom stereocenters. The maximum absolute atomic E-state index is 14.0. The predicted octanol–water partition coefficient (Wildman–Crippen LogP) is 5.28. The smallest absolute Gasteiger partial charge is 0.238 e. The second kappa shape index (κ2) is 10.7. The number of primary sulfonamides is 1. The largest absolute Gasteiger partial charge is 0.493 e. The number of sulfonamides is 1. The molecule has 0 spiro atoms. The van der Waals surface area contributed by atoms with Crippen LogP contribution < -0.4 is 14.6 Å². The summed E-state index contributed by atoms with van der Waals surface area (Å²) >= 11 is 0. The number of ketones is 2. The summed E-state index contributed by atoms with van der Waals surface area (Å²) in [5, 5.41) is 5.29. The van der Waals surface area contributed by atoms with E-state index in [0.717, 1.165) is 22.5 Å². The molecule has 2 aromatic rings. The molecule has 2 aromatic carbocycles. The van der Waals surface area contributed by atoms with Gasteiger partial charge >= 0.3 is 0 Å². The summed E-state index contributed by atoms with van der Waals surface area (Å²) in [5.41, 5.74) is 4.64. The molecule has 3 aliphatic rings. The molecule has 0 saturated carbocycles. The molecule has 0 unspecified atom stereocenters. The molecule has 0 fully saturated rings. The summed E-state index contributed by atoms with van der Waals surface area (Å²) in [5.74, 6) is 0.785. The molecule has 0 amide bonds. The molecule has 2 aliphatic carbocycles. The third-order valence-corrected chi connectivity index (χ3v) is 9.57. The van der Waals surface area contributed by atoms with Gasteiger partial charge in [0.05, 0.1) is 19.1 Å². The number of benzene rings is 2. The summed E-state index contributed by atoms with van der Waals surface area (Å²) in [4.78, 5) is 30.3. The van der Waals surface area contributed by atoms with Crippen molar-refractivity contribution in [3.8, 4) is 11.5 Å². The van der Waals surface area contributed by atoms with Crippen molar-refractivity contribution in [3.05, 3.63) is 76.1 Å². The van der Waals surface area contributed by atoms with Crippen LogP contribution in [0.4, 0.5) is 0 Å². The number of allylic oxidation sites excluding steroid dienone is 4. The van der Waals surface area contributed by atoms with Crippen molar-refractivity contribution in [2.75, 3.05) is 20.8 Å². The standard InChI is InChI=1S/C33H40N2O6S/c1-32(2)16-23-30(25(36)18-32)29(21-9-12-27(40-5)28(15-21)41-6)31-24(17-33(3,4)19-26(31)37)35(23)14-13-20-7-10-22(11-8-20)42(34,38)39/h7-12,15,29H,13-14,16-19H2,1-6H3,(H2,34,38,39). The van der Waals surface area contributed by atoms with E-state index in [-0.39, 0.29) is 27.3 Å². The third-order valence-electron chi connectivity index (χ3n) is 8.64. The van der Waals surface area contributed by atoms with Gasteiger partial charge in [-0.25, -0.2) is 13.6 Å². The number of hydrogen-bond donors (Lipinski definition) is 1. The minimum atomic E-state index is -3.78. The Bertz CT molecular complexity index is 1560.